The maximum Gasteiger partial charge on any atom is 0.256 e. The van der Waals surface area contributed by atoms with Crippen LogP contribution in [0, 0.1) is 5.82 Å². The van der Waals surface area contributed by atoms with Gasteiger partial charge in [-0.05, 0) is 55.5 Å². The zero-order valence-corrected chi connectivity index (χ0v) is 16.2. The first kappa shape index (κ1) is 19.4. The van der Waals surface area contributed by atoms with E-state index in [1.165, 1.54) is 18.3 Å². The van der Waals surface area contributed by atoms with Crippen molar-refractivity contribution in [1.29, 1.82) is 0 Å². The summed E-state index contributed by atoms with van der Waals surface area (Å²) in [6, 6.07) is 9.46. The fourth-order valence-electron chi connectivity index (χ4n) is 4.56. The number of hydrogen-bond donors (Lipinski definition) is 2. The molecule has 3 N–H and O–H groups in total. The van der Waals surface area contributed by atoms with E-state index in [1.807, 2.05) is 11.0 Å². The van der Waals surface area contributed by atoms with E-state index in [0.717, 1.165) is 24.8 Å². The third kappa shape index (κ3) is 4.23. The van der Waals surface area contributed by atoms with E-state index in [0.29, 0.717) is 30.6 Å². The quantitative estimate of drug-likeness (QED) is 0.835. The Bertz CT molecular complexity index is 902. The third-order valence-corrected chi connectivity index (χ3v) is 5.87. The molecule has 3 heterocycles. The van der Waals surface area contributed by atoms with Crippen LogP contribution in [-0.2, 0) is 11.2 Å². The number of nitrogen functional groups attached to an aromatic ring is 1. The molecule has 1 aromatic carbocycles. The fraction of sp³-hybridized carbons (Fsp3) is 0.409. The van der Waals surface area contributed by atoms with E-state index in [9.17, 15) is 14.0 Å². The van der Waals surface area contributed by atoms with Gasteiger partial charge in [0.1, 0.15) is 11.6 Å². The molecule has 0 saturated carbocycles. The van der Waals surface area contributed by atoms with E-state index in [2.05, 4.69) is 10.3 Å². The summed E-state index contributed by atoms with van der Waals surface area (Å²) in [5.41, 5.74) is 6.97. The average Bonchev–Trinajstić information content (AvgIpc) is 2.99. The van der Waals surface area contributed by atoms with E-state index in [-0.39, 0.29) is 35.8 Å². The number of nitrogens with one attached hydrogen (secondary N) is 1. The van der Waals surface area contributed by atoms with Crippen LogP contribution in [0.15, 0.2) is 42.6 Å². The minimum atomic E-state index is -0.291. The minimum Gasteiger partial charge on any atom is -0.384 e. The smallest absolute Gasteiger partial charge is 0.256 e. The van der Waals surface area contributed by atoms with Crippen LogP contribution in [0.5, 0.6) is 0 Å². The Morgan fingerprint density at radius 3 is 2.90 bits per heavy atom. The highest BCUT2D eigenvalue weighted by molar-refractivity contribution is 5.95. The molecule has 0 spiro atoms. The normalized spacial score (nSPS) is 24.4. The number of halogens is 1. The summed E-state index contributed by atoms with van der Waals surface area (Å²) in [5.74, 6) is -0.0234. The monoisotopic (exact) mass is 396 g/mol. The second-order valence-corrected chi connectivity index (χ2v) is 7.89. The van der Waals surface area contributed by atoms with Crippen LogP contribution in [0.1, 0.15) is 48.0 Å². The van der Waals surface area contributed by atoms with Gasteiger partial charge in [-0.1, -0.05) is 18.6 Å². The van der Waals surface area contributed by atoms with Crippen LogP contribution < -0.4 is 11.1 Å². The Morgan fingerprint density at radius 2 is 2.14 bits per heavy atom. The van der Waals surface area contributed by atoms with Crippen molar-refractivity contribution in [3.05, 3.63) is 59.5 Å². The molecule has 152 valence electrons. The Balaban J connectivity index is 1.65. The van der Waals surface area contributed by atoms with Crippen LogP contribution >= 0.6 is 0 Å². The molecule has 2 fully saturated rings. The molecule has 1 aromatic heterocycles. The minimum absolute atomic E-state index is 0.0349. The lowest BCUT2D eigenvalue weighted by molar-refractivity contribution is -0.122. The van der Waals surface area contributed by atoms with Crippen LogP contribution in [0.3, 0.4) is 0 Å². The number of hydrogen-bond acceptors (Lipinski definition) is 4. The molecule has 2 aliphatic heterocycles. The first-order valence-electron chi connectivity index (χ1n) is 10.1. The molecule has 2 aromatic rings. The van der Waals surface area contributed by atoms with E-state index < -0.39 is 0 Å². The summed E-state index contributed by atoms with van der Waals surface area (Å²) < 4.78 is 13.7. The molecule has 2 aliphatic rings. The van der Waals surface area contributed by atoms with Gasteiger partial charge < -0.3 is 16.0 Å². The maximum atomic E-state index is 13.7. The summed E-state index contributed by atoms with van der Waals surface area (Å²) in [4.78, 5) is 31.5. The van der Waals surface area contributed by atoms with Gasteiger partial charge in [-0.2, -0.15) is 0 Å². The molecule has 2 saturated heterocycles. The van der Waals surface area contributed by atoms with Crippen molar-refractivity contribution >= 4 is 17.6 Å². The summed E-state index contributed by atoms with van der Waals surface area (Å²) in [7, 11) is 0. The van der Waals surface area contributed by atoms with Crippen molar-refractivity contribution in [2.75, 3.05) is 5.73 Å². The molecule has 7 heteroatoms. The number of anilines is 1. The molecule has 0 bridgehead atoms. The molecule has 29 heavy (non-hydrogen) atoms. The van der Waals surface area contributed by atoms with Crippen molar-refractivity contribution in [1.82, 2.24) is 15.2 Å². The number of pyridine rings is 1. The van der Waals surface area contributed by atoms with Crippen LogP contribution in [-0.4, -0.2) is 39.8 Å². The molecular weight excluding hydrogens is 371 g/mol. The molecule has 0 radical (unpaired) electrons. The number of carbonyl (C=O) groups excluding carboxylic acids is 2. The first-order valence-corrected chi connectivity index (χ1v) is 10.1. The number of nitrogens with two attached hydrogens (primary N) is 1. The topological polar surface area (TPSA) is 88.3 Å². The van der Waals surface area contributed by atoms with Crippen molar-refractivity contribution in [3.8, 4) is 0 Å². The first-order chi connectivity index (χ1) is 14.0. The predicted molar refractivity (Wildman–Crippen MR) is 108 cm³/mol. The van der Waals surface area contributed by atoms with Crippen LogP contribution in [0.4, 0.5) is 10.2 Å². The number of nitrogens with zero attached hydrogens (tertiary/aromatic N) is 2. The van der Waals surface area contributed by atoms with Gasteiger partial charge in [-0.3, -0.25) is 9.59 Å². The Hall–Kier alpha value is -2.96. The lowest BCUT2D eigenvalue weighted by Crippen LogP contribution is -2.49. The number of amides is 2. The van der Waals surface area contributed by atoms with Crippen LogP contribution in [0.2, 0.25) is 0 Å². The summed E-state index contributed by atoms with van der Waals surface area (Å²) in [5, 5.41) is 3.11. The van der Waals surface area contributed by atoms with Gasteiger partial charge in [0.2, 0.25) is 5.91 Å². The number of likely N-dealkylation sites (tertiary alicyclic amines) is 1. The van der Waals surface area contributed by atoms with Gasteiger partial charge in [-0.15, -0.1) is 0 Å². The largest absolute Gasteiger partial charge is 0.384 e. The molecular formula is C22H25FN4O2. The Kier molecular flexibility index (Phi) is 5.47. The Labute approximate surface area is 169 Å². The summed E-state index contributed by atoms with van der Waals surface area (Å²) in [6.07, 6.45) is 5.74. The average molecular weight is 396 g/mol. The number of aromatic nitrogens is 1. The highest BCUT2D eigenvalue weighted by Crippen LogP contribution is 2.33. The van der Waals surface area contributed by atoms with Gasteiger partial charge in [-0.25, -0.2) is 9.37 Å². The molecule has 2 amide bonds. The standard InChI is InChI=1S/C22H25FN4O2/c23-16-5-3-4-14(10-16)11-17-12-18-19(6-1-2-7-21(28)26-18)27(17)22(29)15-8-9-20(24)25-13-15/h3-5,8-10,13,17-19H,1-2,6-7,11-12H2,(H2,24,25)(H,26,28)/t17-,18+,19-/m1/s1. The third-order valence-electron chi connectivity index (χ3n) is 5.87. The molecule has 3 atom stereocenters. The SMILES string of the molecule is Nc1ccc(C(=O)N2[C@H](Cc3cccc(F)c3)C[C@@H]3NC(=O)CCCC[C@H]32)cn1. The molecule has 4 rings (SSSR count). The number of benzene rings is 1. The summed E-state index contributed by atoms with van der Waals surface area (Å²) in [6.45, 7) is 0. The fourth-order valence-corrected chi connectivity index (χ4v) is 4.56. The van der Waals surface area contributed by atoms with E-state index in [4.69, 9.17) is 5.73 Å². The zero-order chi connectivity index (χ0) is 20.4. The van der Waals surface area contributed by atoms with Gasteiger partial charge in [0.05, 0.1) is 17.6 Å². The number of fused-ring (bicyclic) bond motifs is 1. The van der Waals surface area contributed by atoms with E-state index in [1.54, 1.807) is 18.2 Å². The lowest BCUT2D eigenvalue weighted by atomic mass is 9.97. The van der Waals surface area contributed by atoms with Crippen molar-refractivity contribution in [2.24, 2.45) is 0 Å². The zero-order valence-electron chi connectivity index (χ0n) is 16.2. The second kappa shape index (κ2) is 8.19. The molecule has 0 aliphatic carbocycles. The van der Waals surface area contributed by atoms with Gasteiger partial charge in [0.15, 0.2) is 0 Å². The maximum absolute atomic E-state index is 13.7. The Morgan fingerprint density at radius 1 is 1.28 bits per heavy atom. The van der Waals surface area contributed by atoms with E-state index >= 15 is 0 Å². The van der Waals surface area contributed by atoms with Crippen molar-refractivity contribution in [3.63, 3.8) is 0 Å². The summed E-state index contributed by atoms with van der Waals surface area (Å²) >= 11 is 0. The van der Waals surface area contributed by atoms with Gasteiger partial charge >= 0.3 is 0 Å². The number of carbonyl (C=O) groups is 2. The predicted octanol–water partition coefficient (Wildman–Crippen LogP) is 2.69. The molecule has 6 nitrogen and oxygen atoms in total. The van der Waals surface area contributed by atoms with Crippen molar-refractivity contribution in [2.45, 2.75) is 56.7 Å². The van der Waals surface area contributed by atoms with Crippen LogP contribution in [0.25, 0.3) is 0 Å². The highest BCUT2D eigenvalue weighted by atomic mass is 19.1. The van der Waals surface area contributed by atoms with Gasteiger partial charge in [0.25, 0.3) is 5.91 Å². The number of rotatable bonds is 3. The highest BCUT2D eigenvalue weighted by Gasteiger charge is 2.44. The van der Waals surface area contributed by atoms with Gasteiger partial charge in [0, 0.05) is 18.7 Å². The molecule has 0 unspecified atom stereocenters. The lowest BCUT2D eigenvalue weighted by Gasteiger charge is -2.33. The van der Waals surface area contributed by atoms with Crippen molar-refractivity contribution < 1.29 is 14.0 Å². The second-order valence-electron chi connectivity index (χ2n) is 7.89.